The van der Waals surface area contributed by atoms with Crippen LogP contribution in [0.3, 0.4) is 0 Å². The van der Waals surface area contributed by atoms with Crippen molar-refractivity contribution in [2.75, 3.05) is 6.61 Å². The van der Waals surface area contributed by atoms with E-state index in [1.54, 1.807) is 19.2 Å². The van der Waals surface area contributed by atoms with Crippen LogP contribution in [0.2, 0.25) is 0 Å². The van der Waals surface area contributed by atoms with E-state index in [1.165, 1.54) is 6.07 Å². The fraction of sp³-hybridized carbons (Fsp3) is 0.500. The zero-order valence-electron chi connectivity index (χ0n) is 10.3. The fourth-order valence-electron chi connectivity index (χ4n) is 1.83. The van der Waals surface area contributed by atoms with Crippen LogP contribution in [0.25, 0.3) is 0 Å². The van der Waals surface area contributed by atoms with Gasteiger partial charge in [-0.15, -0.1) is 0 Å². The molecule has 2 rings (SSSR count). The van der Waals surface area contributed by atoms with Crippen molar-refractivity contribution >= 4 is 5.97 Å². The number of nitrogens with zero attached hydrogens (tertiary/aromatic N) is 1. The minimum atomic E-state index is -1.39. The van der Waals surface area contributed by atoms with E-state index in [2.05, 4.69) is 4.98 Å². The molecular weight excluding hydrogens is 254 g/mol. The SMILES string of the molecule is Cc1ncccc1C(=O)OC1O[C@H](CO)[C@@H](O)[C@H]1O. The van der Waals surface area contributed by atoms with Crippen molar-refractivity contribution < 1.29 is 29.6 Å². The second-order valence-corrected chi connectivity index (χ2v) is 4.25. The summed E-state index contributed by atoms with van der Waals surface area (Å²) in [6, 6.07) is 3.12. The highest BCUT2D eigenvalue weighted by molar-refractivity contribution is 5.90. The molecule has 0 aromatic carbocycles. The summed E-state index contributed by atoms with van der Waals surface area (Å²) in [5, 5.41) is 28.1. The van der Waals surface area contributed by atoms with Gasteiger partial charge in [0.2, 0.25) is 6.29 Å². The molecule has 1 aromatic heterocycles. The Labute approximate surface area is 109 Å². The maximum Gasteiger partial charge on any atom is 0.342 e. The molecular formula is C12H15NO6. The molecule has 4 atom stereocenters. The average Bonchev–Trinajstić information content (AvgIpc) is 2.67. The quantitative estimate of drug-likeness (QED) is 0.603. The number of carbonyl (C=O) groups excluding carboxylic acids is 1. The first-order valence-electron chi connectivity index (χ1n) is 5.79. The van der Waals surface area contributed by atoms with Gasteiger partial charge in [0.15, 0.2) is 0 Å². The van der Waals surface area contributed by atoms with Crippen molar-refractivity contribution in [3.05, 3.63) is 29.6 Å². The number of rotatable bonds is 3. The molecule has 1 aliphatic rings. The highest BCUT2D eigenvalue weighted by Crippen LogP contribution is 2.23. The number of hydrogen-bond acceptors (Lipinski definition) is 7. The first kappa shape index (κ1) is 13.9. The summed E-state index contributed by atoms with van der Waals surface area (Å²) in [4.78, 5) is 15.8. The lowest BCUT2D eigenvalue weighted by atomic mass is 10.1. The van der Waals surface area contributed by atoms with E-state index in [0.717, 1.165) is 0 Å². The number of ether oxygens (including phenoxy) is 2. The Balaban J connectivity index is 2.06. The van der Waals surface area contributed by atoms with Gasteiger partial charge in [-0.05, 0) is 19.1 Å². The first-order chi connectivity index (χ1) is 9.04. The van der Waals surface area contributed by atoms with Crippen molar-refractivity contribution in [3.8, 4) is 0 Å². The molecule has 1 aliphatic heterocycles. The Morgan fingerprint density at radius 2 is 2.21 bits per heavy atom. The Hall–Kier alpha value is -1.54. The van der Waals surface area contributed by atoms with Crippen LogP contribution >= 0.6 is 0 Å². The summed E-state index contributed by atoms with van der Waals surface area (Å²) in [6.45, 7) is 1.17. The van der Waals surface area contributed by atoms with Gasteiger partial charge in [0.25, 0.3) is 0 Å². The van der Waals surface area contributed by atoms with Crippen LogP contribution in [-0.4, -0.2) is 57.5 Å². The Morgan fingerprint density at radius 1 is 1.47 bits per heavy atom. The standard InChI is InChI=1S/C12H15NO6/c1-6-7(3-2-4-13-6)11(17)19-12-10(16)9(15)8(5-14)18-12/h2-4,8-10,12,14-16H,5H2,1H3/t8-,9-,10-,12?/m1/s1. The van der Waals surface area contributed by atoms with Gasteiger partial charge in [-0.3, -0.25) is 4.98 Å². The number of pyridine rings is 1. The van der Waals surface area contributed by atoms with Crippen LogP contribution in [0.4, 0.5) is 0 Å². The molecule has 2 heterocycles. The van der Waals surface area contributed by atoms with Crippen molar-refractivity contribution in [3.63, 3.8) is 0 Å². The molecule has 7 nitrogen and oxygen atoms in total. The molecule has 3 N–H and O–H groups in total. The van der Waals surface area contributed by atoms with Crippen LogP contribution in [0.5, 0.6) is 0 Å². The predicted octanol–water partition coefficient (Wildman–Crippen LogP) is -1.01. The van der Waals surface area contributed by atoms with Gasteiger partial charge in [-0.1, -0.05) is 0 Å². The molecule has 0 aliphatic carbocycles. The number of carbonyl (C=O) groups is 1. The van der Waals surface area contributed by atoms with Crippen LogP contribution < -0.4 is 0 Å². The normalized spacial score (nSPS) is 30.3. The van der Waals surface area contributed by atoms with Crippen molar-refractivity contribution in [2.45, 2.75) is 31.5 Å². The van der Waals surface area contributed by atoms with E-state index in [4.69, 9.17) is 14.6 Å². The topological polar surface area (TPSA) is 109 Å². The molecule has 0 amide bonds. The van der Waals surface area contributed by atoms with Gasteiger partial charge in [0.05, 0.1) is 17.9 Å². The van der Waals surface area contributed by atoms with Crippen LogP contribution in [-0.2, 0) is 9.47 Å². The third-order valence-electron chi connectivity index (χ3n) is 2.95. The predicted molar refractivity (Wildman–Crippen MR) is 62.1 cm³/mol. The first-order valence-corrected chi connectivity index (χ1v) is 5.79. The van der Waals surface area contributed by atoms with E-state index in [1.807, 2.05) is 0 Å². The Bertz CT molecular complexity index is 465. The maximum atomic E-state index is 11.9. The van der Waals surface area contributed by atoms with Crippen molar-refractivity contribution in [1.82, 2.24) is 4.98 Å². The number of aryl methyl sites for hydroxylation is 1. The minimum Gasteiger partial charge on any atom is -0.429 e. The maximum absolute atomic E-state index is 11.9. The van der Waals surface area contributed by atoms with Gasteiger partial charge in [-0.2, -0.15) is 0 Å². The molecule has 19 heavy (non-hydrogen) atoms. The Kier molecular flexibility index (Phi) is 4.11. The monoisotopic (exact) mass is 269 g/mol. The smallest absolute Gasteiger partial charge is 0.342 e. The molecule has 0 saturated carbocycles. The van der Waals surface area contributed by atoms with Crippen LogP contribution in [0, 0.1) is 6.92 Å². The van der Waals surface area contributed by atoms with Crippen molar-refractivity contribution in [1.29, 1.82) is 0 Å². The van der Waals surface area contributed by atoms with E-state index in [9.17, 15) is 15.0 Å². The fourth-order valence-corrected chi connectivity index (χ4v) is 1.83. The van der Waals surface area contributed by atoms with Gasteiger partial charge in [-0.25, -0.2) is 4.79 Å². The molecule has 7 heteroatoms. The molecule has 104 valence electrons. The summed E-state index contributed by atoms with van der Waals surface area (Å²) in [5.41, 5.74) is 0.736. The summed E-state index contributed by atoms with van der Waals surface area (Å²) in [6.07, 6.45) is -3.42. The lowest BCUT2D eigenvalue weighted by molar-refractivity contribution is -0.139. The number of aromatic nitrogens is 1. The number of esters is 1. The second kappa shape index (κ2) is 5.62. The van der Waals surface area contributed by atoms with E-state index < -0.39 is 37.2 Å². The Morgan fingerprint density at radius 3 is 2.79 bits per heavy atom. The van der Waals surface area contributed by atoms with Crippen LogP contribution in [0.15, 0.2) is 18.3 Å². The third kappa shape index (κ3) is 2.74. The number of aliphatic hydroxyl groups is 3. The lowest BCUT2D eigenvalue weighted by Gasteiger charge is -2.15. The molecule has 0 spiro atoms. The molecule has 1 aromatic rings. The van der Waals surface area contributed by atoms with Gasteiger partial charge < -0.3 is 24.8 Å². The van der Waals surface area contributed by atoms with Crippen molar-refractivity contribution in [2.24, 2.45) is 0 Å². The van der Waals surface area contributed by atoms with Gasteiger partial charge in [0, 0.05) is 6.20 Å². The minimum absolute atomic E-state index is 0.250. The highest BCUT2D eigenvalue weighted by Gasteiger charge is 2.44. The van der Waals surface area contributed by atoms with Gasteiger partial charge in [0.1, 0.15) is 18.3 Å². The second-order valence-electron chi connectivity index (χ2n) is 4.25. The largest absolute Gasteiger partial charge is 0.429 e. The number of hydrogen-bond donors (Lipinski definition) is 3. The molecule has 1 saturated heterocycles. The molecule has 0 bridgehead atoms. The molecule has 0 radical (unpaired) electrons. The van der Waals surface area contributed by atoms with E-state index in [0.29, 0.717) is 5.69 Å². The zero-order valence-corrected chi connectivity index (χ0v) is 10.3. The third-order valence-corrected chi connectivity index (χ3v) is 2.95. The van der Waals surface area contributed by atoms with E-state index >= 15 is 0 Å². The molecule has 1 unspecified atom stereocenters. The zero-order chi connectivity index (χ0) is 14.0. The number of aliphatic hydroxyl groups excluding tert-OH is 3. The van der Waals surface area contributed by atoms with E-state index in [-0.39, 0.29) is 5.56 Å². The van der Waals surface area contributed by atoms with Gasteiger partial charge >= 0.3 is 5.97 Å². The average molecular weight is 269 g/mol. The molecule has 1 fully saturated rings. The summed E-state index contributed by atoms with van der Waals surface area (Å²) in [5.74, 6) is -0.708. The lowest BCUT2D eigenvalue weighted by Crippen LogP contribution is -2.35. The summed E-state index contributed by atoms with van der Waals surface area (Å²) >= 11 is 0. The summed E-state index contributed by atoms with van der Waals surface area (Å²) in [7, 11) is 0. The highest BCUT2D eigenvalue weighted by atomic mass is 16.7. The van der Waals surface area contributed by atoms with Crippen LogP contribution in [0.1, 0.15) is 16.1 Å². The summed E-state index contributed by atoms with van der Waals surface area (Å²) < 4.78 is 10.0.